The van der Waals surface area contributed by atoms with Crippen molar-refractivity contribution in [3.05, 3.63) is 73.8 Å². The van der Waals surface area contributed by atoms with E-state index in [4.69, 9.17) is 18.9 Å². The van der Waals surface area contributed by atoms with Crippen LogP contribution in [0.3, 0.4) is 0 Å². The van der Waals surface area contributed by atoms with Crippen molar-refractivity contribution >= 4 is 47.2 Å². The summed E-state index contributed by atoms with van der Waals surface area (Å²) in [7, 11) is 0. The van der Waals surface area contributed by atoms with Gasteiger partial charge in [-0.3, -0.25) is 0 Å². The van der Waals surface area contributed by atoms with Crippen LogP contribution in [0.4, 0.5) is 0 Å². The number of carbonyl (C=O) groups excluding carboxylic acids is 2. The second-order valence-electron chi connectivity index (χ2n) is 8.12. The summed E-state index contributed by atoms with van der Waals surface area (Å²) in [5.74, 6) is 1.21. The van der Waals surface area contributed by atoms with E-state index in [-0.39, 0.29) is 0 Å². The Labute approximate surface area is 245 Å². The Bertz CT molecular complexity index is 900. The number of esters is 2. The Balaban J connectivity index is 1.51. The molecule has 0 fully saturated rings. The van der Waals surface area contributed by atoms with Crippen LogP contribution in [0, 0.1) is 0 Å². The first kappa shape index (κ1) is 33.0. The minimum Gasteiger partial charge on any atom is -0.462 e. The van der Waals surface area contributed by atoms with Crippen molar-refractivity contribution in [2.45, 2.75) is 45.3 Å². The summed E-state index contributed by atoms with van der Waals surface area (Å²) in [5.41, 5.74) is 0. The Kier molecular flexibility index (Phi) is 18.3. The quantitative estimate of drug-likeness (QED) is 0.0619. The van der Waals surface area contributed by atoms with Crippen LogP contribution in [-0.2, 0) is 28.5 Å². The second-order valence-corrected chi connectivity index (χ2v) is 11.6. The molecule has 0 spiro atoms. The summed E-state index contributed by atoms with van der Waals surface area (Å²) in [4.78, 5) is 26.8. The number of ether oxygens (including phenoxy) is 4. The van der Waals surface area contributed by atoms with E-state index < -0.39 is 11.9 Å². The van der Waals surface area contributed by atoms with Gasteiger partial charge < -0.3 is 18.9 Å². The summed E-state index contributed by atoms with van der Waals surface area (Å²) in [6, 6.07) is 17.3. The molecule has 2 aromatic carbocycles. The Hall–Kier alpha value is -2.17. The van der Waals surface area contributed by atoms with Crippen LogP contribution in [-0.4, -0.2) is 63.1 Å². The predicted molar refractivity (Wildman–Crippen MR) is 161 cm³/mol. The van der Waals surface area contributed by atoms with Gasteiger partial charge in [0.15, 0.2) is 0 Å². The zero-order valence-electron chi connectivity index (χ0n) is 22.3. The van der Waals surface area contributed by atoms with E-state index in [9.17, 15) is 9.59 Å². The largest absolute Gasteiger partial charge is 0.462 e. The van der Waals surface area contributed by atoms with Crippen molar-refractivity contribution in [1.82, 2.24) is 0 Å². The number of hydrogen-bond acceptors (Lipinski definition) is 9. The van der Waals surface area contributed by atoms with Gasteiger partial charge in [-0.15, -0.1) is 23.5 Å². The molecule has 0 atom stereocenters. The van der Waals surface area contributed by atoms with Gasteiger partial charge in [-0.05, 0) is 61.4 Å². The first-order chi connectivity index (χ1) is 19.1. The minimum atomic E-state index is -0.391. The van der Waals surface area contributed by atoms with Gasteiger partial charge in [0.1, 0.15) is 0 Å². The third kappa shape index (κ3) is 16.5. The molecule has 212 valence electrons. The van der Waals surface area contributed by atoms with Gasteiger partial charge in [0, 0.05) is 82.5 Å². The first-order valence-corrected chi connectivity index (χ1v) is 15.8. The fraction of sp³-hybridized carbons (Fsp3) is 0.400. The van der Waals surface area contributed by atoms with Crippen molar-refractivity contribution in [1.29, 1.82) is 0 Å². The van der Waals surface area contributed by atoms with Crippen LogP contribution >= 0.6 is 35.3 Å². The predicted octanol–water partition coefficient (Wildman–Crippen LogP) is 7.07. The molecule has 0 aliphatic heterocycles. The number of carbonyl (C=O) groups is 2. The fourth-order valence-electron chi connectivity index (χ4n) is 3.04. The molecule has 0 aliphatic carbocycles. The molecule has 0 saturated heterocycles. The van der Waals surface area contributed by atoms with Gasteiger partial charge in [-0.1, -0.05) is 24.9 Å². The van der Waals surface area contributed by atoms with E-state index in [1.807, 2.05) is 23.5 Å². The van der Waals surface area contributed by atoms with E-state index in [1.165, 1.54) is 31.7 Å². The number of benzene rings is 2. The highest BCUT2D eigenvalue weighted by Gasteiger charge is 2.02. The second kappa shape index (κ2) is 21.6. The summed E-state index contributed by atoms with van der Waals surface area (Å²) in [5, 5.41) is 0. The molecule has 6 nitrogen and oxygen atoms in total. The molecule has 9 heteroatoms. The lowest BCUT2D eigenvalue weighted by atomic mass is 10.4. The Morgan fingerprint density at radius 2 is 0.923 bits per heavy atom. The molecule has 0 amide bonds. The van der Waals surface area contributed by atoms with E-state index in [2.05, 4.69) is 61.7 Å². The SMILES string of the molecule is C=CC(=O)OCCCOCCCSc1ccc(Sc2ccc(SCCCOCCCOC(=O)C=C)cc2)cc1. The lowest BCUT2D eigenvalue weighted by Crippen LogP contribution is -2.06. The van der Waals surface area contributed by atoms with Crippen LogP contribution < -0.4 is 0 Å². The molecule has 0 heterocycles. The maximum Gasteiger partial charge on any atom is 0.330 e. The highest BCUT2D eigenvalue weighted by atomic mass is 32.2. The molecule has 0 unspecified atom stereocenters. The van der Waals surface area contributed by atoms with E-state index >= 15 is 0 Å². The van der Waals surface area contributed by atoms with Crippen molar-refractivity contribution in [3.8, 4) is 0 Å². The number of rotatable bonds is 22. The van der Waals surface area contributed by atoms with Crippen molar-refractivity contribution in [2.75, 3.05) is 51.1 Å². The molecular formula is C30H38O6S3. The molecule has 2 rings (SSSR count). The minimum absolute atomic E-state index is 0.365. The number of thioether (sulfide) groups is 2. The topological polar surface area (TPSA) is 71.1 Å². The first-order valence-electron chi connectivity index (χ1n) is 13.0. The molecule has 0 aromatic heterocycles. The summed E-state index contributed by atoms with van der Waals surface area (Å²) in [6.07, 6.45) is 5.68. The Morgan fingerprint density at radius 3 is 1.31 bits per heavy atom. The van der Waals surface area contributed by atoms with Crippen molar-refractivity contribution in [3.63, 3.8) is 0 Å². The van der Waals surface area contributed by atoms with Gasteiger partial charge in [-0.2, -0.15) is 0 Å². The highest BCUT2D eigenvalue weighted by molar-refractivity contribution is 8.00. The highest BCUT2D eigenvalue weighted by Crippen LogP contribution is 2.31. The molecule has 0 radical (unpaired) electrons. The van der Waals surface area contributed by atoms with Gasteiger partial charge in [0.25, 0.3) is 0 Å². The van der Waals surface area contributed by atoms with Crippen LogP contribution in [0.15, 0.2) is 93.4 Å². The van der Waals surface area contributed by atoms with Gasteiger partial charge in [0.2, 0.25) is 0 Å². The molecule has 2 aromatic rings. The average molecular weight is 591 g/mol. The summed E-state index contributed by atoms with van der Waals surface area (Å²) in [6.45, 7) is 10.0. The van der Waals surface area contributed by atoms with Crippen LogP contribution in [0.1, 0.15) is 25.7 Å². The van der Waals surface area contributed by atoms with Gasteiger partial charge in [0.05, 0.1) is 13.2 Å². The smallest absolute Gasteiger partial charge is 0.330 e. The molecule has 0 saturated carbocycles. The maximum absolute atomic E-state index is 10.9. The fourth-order valence-corrected chi connectivity index (χ4v) is 5.50. The molecule has 0 N–H and O–H groups in total. The standard InChI is InChI=1S/C30H38O6S3/c1-3-29(31)35-21-5-17-33-19-7-23-37-25-9-13-27(14-10-25)39-28-15-11-26(12-16-28)38-24-8-20-34-18-6-22-36-30(32)4-2/h3-4,9-16H,1-2,5-8,17-24H2. The van der Waals surface area contributed by atoms with E-state index in [1.54, 1.807) is 11.8 Å². The van der Waals surface area contributed by atoms with Crippen LogP contribution in [0.2, 0.25) is 0 Å². The normalized spacial score (nSPS) is 10.7. The summed E-state index contributed by atoms with van der Waals surface area (Å²) >= 11 is 5.42. The zero-order valence-corrected chi connectivity index (χ0v) is 24.8. The van der Waals surface area contributed by atoms with Gasteiger partial charge >= 0.3 is 11.9 Å². The maximum atomic E-state index is 10.9. The van der Waals surface area contributed by atoms with Crippen molar-refractivity contribution < 1.29 is 28.5 Å². The summed E-state index contributed by atoms with van der Waals surface area (Å²) < 4.78 is 21.0. The third-order valence-corrected chi connectivity index (χ3v) is 8.19. The molecule has 39 heavy (non-hydrogen) atoms. The average Bonchev–Trinajstić information content (AvgIpc) is 2.96. The Morgan fingerprint density at radius 1 is 0.564 bits per heavy atom. The zero-order chi connectivity index (χ0) is 28.0. The molecular weight excluding hydrogens is 553 g/mol. The molecule has 0 bridgehead atoms. The number of hydrogen-bond donors (Lipinski definition) is 0. The van der Waals surface area contributed by atoms with Crippen LogP contribution in [0.25, 0.3) is 0 Å². The lowest BCUT2D eigenvalue weighted by Gasteiger charge is -2.07. The monoisotopic (exact) mass is 590 g/mol. The van der Waals surface area contributed by atoms with Gasteiger partial charge in [-0.25, -0.2) is 9.59 Å². The molecule has 0 aliphatic rings. The van der Waals surface area contributed by atoms with Crippen molar-refractivity contribution in [2.24, 2.45) is 0 Å². The third-order valence-electron chi connectivity index (χ3n) is 4.97. The lowest BCUT2D eigenvalue weighted by molar-refractivity contribution is -0.139. The van der Waals surface area contributed by atoms with E-state index in [0.717, 1.165) is 24.3 Å². The van der Waals surface area contributed by atoms with Crippen LogP contribution in [0.5, 0.6) is 0 Å². The van der Waals surface area contributed by atoms with E-state index in [0.29, 0.717) is 52.5 Å².